The number of methoxy groups -OCH3 is 2. The summed E-state index contributed by atoms with van der Waals surface area (Å²) in [5, 5.41) is 5.03. The Morgan fingerprint density at radius 1 is 1.03 bits per heavy atom. The van der Waals surface area contributed by atoms with Crippen LogP contribution in [0.4, 0.5) is 11.4 Å². The second-order valence-electron chi connectivity index (χ2n) is 6.61. The topological polar surface area (TPSA) is 114 Å². The van der Waals surface area contributed by atoms with E-state index in [1.807, 2.05) is 0 Å². The molecule has 30 heavy (non-hydrogen) atoms. The Labute approximate surface area is 175 Å². The van der Waals surface area contributed by atoms with Gasteiger partial charge in [-0.3, -0.25) is 13.9 Å². The third kappa shape index (κ3) is 4.82. The number of nitrogens with one attached hydrogen (secondary N) is 2. The molecule has 10 heteroatoms. The fraction of sp³-hybridized carbons (Fsp3) is 0.300. The highest BCUT2D eigenvalue weighted by Crippen LogP contribution is 2.32. The first-order valence-corrected chi connectivity index (χ1v) is 10.9. The molecule has 0 unspecified atom stereocenters. The van der Waals surface area contributed by atoms with E-state index in [9.17, 15) is 18.0 Å². The summed E-state index contributed by atoms with van der Waals surface area (Å²) >= 11 is 0. The number of anilines is 2. The number of carbonyl (C=O) groups is 2. The molecule has 0 atom stereocenters. The molecule has 2 amide bonds. The van der Waals surface area contributed by atoms with Crippen LogP contribution in [0.5, 0.6) is 11.5 Å². The van der Waals surface area contributed by atoms with Crippen molar-refractivity contribution in [1.29, 1.82) is 0 Å². The molecule has 1 aliphatic rings. The van der Waals surface area contributed by atoms with Gasteiger partial charge in [0.05, 0.1) is 31.3 Å². The zero-order valence-corrected chi connectivity index (χ0v) is 17.5. The van der Waals surface area contributed by atoms with Crippen molar-refractivity contribution < 1.29 is 27.5 Å². The lowest BCUT2D eigenvalue weighted by Gasteiger charge is -2.19. The zero-order chi connectivity index (χ0) is 21.7. The summed E-state index contributed by atoms with van der Waals surface area (Å²) in [6, 6.07) is 11.7. The third-order valence-corrected chi connectivity index (χ3v) is 6.51. The molecule has 2 aromatic rings. The van der Waals surface area contributed by atoms with E-state index in [2.05, 4.69) is 10.6 Å². The fourth-order valence-corrected chi connectivity index (χ4v) is 4.62. The molecular weight excluding hydrogens is 410 g/mol. The van der Waals surface area contributed by atoms with E-state index in [0.29, 0.717) is 30.2 Å². The molecule has 0 saturated carbocycles. The monoisotopic (exact) mass is 433 g/mol. The standard InChI is InChI=1S/C20H23N3O6S/c1-28-16-7-4-14(5-8-16)13-21-19(24)20(25)22-17-12-15(6-9-18(17)29-2)23-10-3-11-30(23,26)27/h4-9,12H,3,10-11,13H2,1-2H3,(H,21,24)(H,22,25). The minimum absolute atomic E-state index is 0.0779. The van der Waals surface area contributed by atoms with Crippen LogP contribution in [0.2, 0.25) is 0 Å². The number of rotatable bonds is 6. The Morgan fingerprint density at radius 2 is 1.77 bits per heavy atom. The second kappa shape index (κ2) is 9.04. The van der Waals surface area contributed by atoms with Crippen molar-refractivity contribution in [3.8, 4) is 11.5 Å². The number of hydrogen-bond acceptors (Lipinski definition) is 6. The van der Waals surface area contributed by atoms with Crippen LogP contribution in [0.25, 0.3) is 0 Å². The van der Waals surface area contributed by atoms with Gasteiger partial charge in [-0.2, -0.15) is 0 Å². The van der Waals surface area contributed by atoms with E-state index in [4.69, 9.17) is 9.47 Å². The van der Waals surface area contributed by atoms with Crippen molar-refractivity contribution in [2.75, 3.05) is 36.1 Å². The van der Waals surface area contributed by atoms with E-state index < -0.39 is 21.8 Å². The molecule has 2 aromatic carbocycles. The van der Waals surface area contributed by atoms with Gasteiger partial charge >= 0.3 is 11.8 Å². The Morgan fingerprint density at radius 3 is 2.37 bits per heavy atom. The van der Waals surface area contributed by atoms with Crippen LogP contribution in [0.15, 0.2) is 42.5 Å². The number of amides is 2. The average molecular weight is 433 g/mol. The maximum atomic E-state index is 12.3. The lowest BCUT2D eigenvalue weighted by atomic mass is 10.2. The van der Waals surface area contributed by atoms with Crippen LogP contribution >= 0.6 is 0 Å². The SMILES string of the molecule is COc1ccc(CNC(=O)C(=O)Nc2cc(N3CCCS3(=O)=O)ccc2OC)cc1. The van der Waals surface area contributed by atoms with Gasteiger partial charge in [0.25, 0.3) is 0 Å². The van der Waals surface area contributed by atoms with Gasteiger partial charge in [-0.05, 0) is 42.3 Å². The van der Waals surface area contributed by atoms with Gasteiger partial charge in [-0.15, -0.1) is 0 Å². The summed E-state index contributed by atoms with van der Waals surface area (Å²) in [6.45, 7) is 0.532. The number of nitrogens with zero attached hydrogens (tertiary/aromatic N) is 1. The molecule has 1 saturated heterocycles. The van der Waals surface area contributed by atoms with Gasteiger partial charge < -0.3 is 20.1 Å². The van der Waals surface area contributed by atoms with Crippen LogP contribution in [-0.2, 0) is 26.2 Å². The van der Waals surface area contributed by atoms with Gasteiger partial charge in [-0.25, -0.2) is 8.42 Å². The van der Waals surface area contributed by atoms with Crippen LogP contribution < -0.4 is 24.4 Å². The number of benzene rings is 2. The first kappa shape index (κ1) is 21.4. The molecular formula is C20H23N3O6S. The predicted molar refractivity (Wildman–Crippen MR) is 112 cm³/mol. The van der Waals surface area contributed by atoms with Gasteiger partial charge in [0.1, 0.15) is 11.5 Å². The lowest BCUT2D eigenvalue weighted by Crippen LogP contribution is -2.35. The van der Waals surface area contributed by atoms with Crippen LogP contribution in [-0.4, -0.2) is 46.7 Å². The minimum atomic E-state index is -3.37. The van der Waals surface area contributed by atoms with Crippen molar-refractivity contribution in [2.45, 2.75) is 13.0 Å². The molecule has 160 valence electrons. The third-order valence-electron chi connectivity index (χ3n) is 4.64. The first-order chi connectivity index (χ1) is 14.3. The van der Waals surface area contributed by atoms with Crippen LogP contribution in [0.1, 0.15) is 12.0 Å². The van der Waals surface area contributed by atoms with Crippen molar-refractivity contribution in [3.05, 3.63) is 48.0 Å². The largest absolute Gasteiger partial charge is 0.497 e. The number of hydrogen-bond donors (Lipinski definition) is 2. The van der Waals surface area contributed by atoms with E-state index in [1.54, 1.807) is 43.5 Å². The molecule has 1 aliphatic heterocycles. The zero-order valence-electron chi connectivity index (χ0n) is 16.7. The highest BCUT2D eigenvalue weighted by molar-refractivity contribution is 7.93. The fourth-order valence-electron chi connectivity index (χ4n) is 3.06. The smallest absolute Gasteiger partial charge is 0.313 e. The van der Waals surface area contributed by atoms with Crippen molar-refractivity contribution in [3.63, 3.8) is 0 Å². The van der Waals surface area contributed by atoms with Crippen LogP contribution in [0, 0.1) is 0 Å². The van der Waals surface area contributed by atoms with E-state index >= 15 is 0 Å². The summed E-state index contributed by atoms with van der Waals surface area (Å²) in [7, 11) is -0.397. The number of sulfonamides is 1. The van der Waals surface area contributed by atoms with Crippen molar-refractivity contribution in [1.82, 2.24) is 5.32 Å². The average Bonchev–Trinajstić information content (AvgIpc) is 3.11. The van der Waals surface area contributed by atoms with E-state index in [-0.39, 0.29) is 18.0 Å². The van der Waals surface area contributed by atoms with Crippen molar-refractivity contribution in [2.24, 2.45) is 0 Å². The summed E-state index contributed by atoms with van der Waals surface area (Å²) in [6.07, 6.45) is 0.532. The Bertz CT molecular complexity index is 1040. The first-order valence-electron chi connectivity index (χ1n) is 9.24. The molecule has 0 aromatic heterocycles. The quantitative estimate of drug-likeness (QED) is 0.668. The summed E-state index contributed by atoms with van der Waals surface area (Å²) in [5.74, 6) is -0.633. The maximum absolute atomic E-state index is 12.3. The van der Waals surface area contributed by atoms with Crippen LogP contribution in [0.3, 0.4) is 0 Å². The molecule has 0 aliphatic carbocycles. The van der Waals surface area contributed by atoms with Gasteiger partial charge in [0, 0.05) is 13.1 Å². The molecule has 2 N–H and O–H groups in total. The van der Waals surface area contributed by atoms with E-state index in [1.165, 1.54) is 17.5 Å². The Kier molecular flexibility index (Phi) is 6.46. The summed E-state index contributed by atoms with van der Waals surface area (Å²) < 4.78 is 35.9. The Balaban J connectivity index is 1.68. The summed E-state index contributed by atoms with van der Waals surface area (Å²) in [5.41, 5.74) is 1.42. The van der Waals surface area contributed by atoms with E-state index in [0.717, 1.165) is 5.56 Å². The molecule has 0 spiro atoms. The number of ether oxygens (including phenoxy) is 2. The highest BCUT2D eigenvalue weighted by atomic mass is 32.2. The maximum Gasteiger partial charge on any atom is 0.313 e. The molecule has 0 bridgehead atoms. The van der Waals surface area contributed by atoms with Gasteiger partial charge in [0.15, 0.2) is 0 Å². The van der Waals surface area contributed by atoms with Crippen molar-refractivity contribution >= 4 is 33.2 Å². The second-order valence-corrected chi connectivity index (χ2v) is 8.62. The Hall–Kier alpha value is -3.27. The number of carbonyl (C=O) groups excluding carboxylic acids is 2. The summed E-state index contributed by atoms with van der Waals surface area (Å²) in [4.78, 5) is 24.5. The normalized spacial score (nSPS) is 14.8. The lowest BCUT2D eigenvalue weighted by molar-refractivity contribution is -0.136. The van der Waals surface area contributed by atoms with Gasteiger partial charge in [0.2, 0.25) is 10.0 Å². The van der Waals surface area contributed by atoms with Gasteiger partial charge in [-0.1, -0.05) is 12.1 Å². The molecule has 1 heterocycles. The molecule has 9 nitrogen and oxygen atoms in total. The predicted octanol–water partition coefficient (Wildman–Crippen LogP) is 1.50. The molecule has 1 fully saturated rings. The highest BCUT2D eigenvalue weighted by Gasteiger charge is 2.29. The minimum Gasteiger partial charge on any atom is -0.497 e. The molecule has 0 radical (unpaired) electrons. The molecule has 3 rings (SSSR count).